The van der Waals surface area contributed by atoms with Crippen LogP contribution in [0.25, 0.3) is 0 Å². The summed E-state index contributed by atoms with van der Waals surface area (Å²) < 4.78 is 10.2. The van der Waals surface area contributed by atoms with Crippen molar-refractivity contribution in [1.82, 2.24) is 9.97 Å². The summed E-state index contributed by atoms with van der Waals surface area (Å²) in [6.07, 6.45) is 1.65. The number of ether oxygens (including phenoxy) is 2. The van der Waals surface area contributed by atoms with E-state index in [9.17, 15) is 9.59 Å². The van der Waals surface area contributed by atoms with Crippen LogP contribution < -0.4 is 20.1 Å². The van der Waals surface area contributed by atoms with E-state index >= 15 is 0 Å². The molecule has 0 aliphatic rings. The molecule has 2 aromatic heterocycles. The predicted molar refractivity (Wildman–Crippen MR) is 98.9 cm³/mol. The van der Waals surface area contributed by atoms with E-state index in [1.165, 1.54) is 12.4 Å². The second-order valence-corrected chi connectivity index (χ2v) is 5.39. The molecule has 8 nitrogen and oxygen atoms in total. The molecule has 136 valence electrons. The number of nitrogens with zero attached hydrogens (tertiary/aromatic N) is 2. The third-order valence-electron chi connectivity index (χ3n) is 3.39. The molecule has 0 bridgehead atoms. The fourth-order valence-electron chi connectivity index (χ4n) is 2.12. The minimum absolute atomic E-state index is 0.180. The van der Waals surface area contributed by atoms with Crippen LogP contribution in [0.4, 0.5) is 21.0 Å². The van der Waals surface area contributed by atoms with Gasteiger partial charge >= 0.3 is 12.2 Å². The molecule has 0 saturated heterocycles. The highest BCUT2D eigenvalue weighted by atomic mass is 16.6. The van der Waals surface area contributed by atoms with Crippen molar-refractivity contribution < 1.29 is 19.1 Å². The number of hydrogen-bond donors (Lipinski definition) is 2. The van der Waals surface area contributed by atoms with Crippen molar-refractivity contribution in [2.24, 2.45) is 0 Å². The van der Waals surface area contributed by atoms with Gasteiger partial charge in [-0.15, -0.1) is 0 Å². The van der Waals surface area contributed by atoms with E-state index in [1.807, 2.05) is 6.92 Å². The van der Waals surface area contributed by atoms with E-state index in [2.05, 4.69) is 20.6 Å². The lowest BCUT2D eigenvalue weighted by molar-refractivity contribution is 0.212. The molecule has 3 rings (SSSR count). The summed E-state index contributed by atoms with van der Waals surface area (Å²) >= 11 is 0. The number of benzene rings is 1. The first kappa shape index (κ1) is 17.9. The summed E-state index contributed by atoms with van der Waals surface area (Å²) in [6.45, 7) is 1.81. The maximum Gasteiger partial charge on any atom is 0.418 e. The fourth-order valence-corrected chi connectivity index (χ4v) is 2.12. The van der Waals surface area contributed by atoms with Crippen molar-refractivity contribution in [2.75, 3.05) is 10.6 Å². The van der Waals surface area contributed by atoms with Crippen LogP contribution in [0.2, 0.25) is 0 Å². The molecule has 0 atom stereocenters. The Morgan fingerprint density at radius 3 is 1.96 bits per heavy atom. The normalized spacial score (nSPS) is 9.96. The topological polar surface area (TPSA) is 102 Å². The van der Waals surface area contributed by atoms with Crippen molar-refractivity contribution in [2.45, 2.75) is 6.92 Å². The van der Waals surface area contributed by atoms with Gasteiger partial charge in [-0.3, -0.25) is 10.6 Å². The van der Waals surface area contributed by atoms with Gasteiger partial charge in [-0.25, -0.2) is 19.6 Å². The molecule has 0 saturated carbocycles. The zero-order valence-corrected chi connectivity index (χ0v) is 14.4. The number of hydrogen-bond acceptors (Lipinski definition) is 6. The van der Waals surface area contributed by atoms with Gasteiger partial charge in [-0.2, -0.15) is 0 Å². The van der Waals surface area contributed by atoms with Gasteiger partial charge in [0.15, 0.2) is 0 Å². The highest BCUT2D eigenvalue weighted by Crippen LogP contribution is 2.21. The van der Waals surface area contributed by atoms with Crippen LogP contribution >= 0.6 is 0 Å². The molecule has 1 aromatic carbocycles. The highest BCUT2D eigenvalue weighted by Gasteiger charge is 2.11. The van der Waals surface area contributed by atoms with Gasteiger partial charge in [0.2, 0.25) is 11.8 Å². The zero-order chi connectivity index (χ0) is 19.1. The predicted octanol–water partition coefficient (Wildman–Crippen LogP) is 4.01. The third-order valence-corrected chi connectivity index (χ3v) is 3.39. The maximum atomic E-state index is 12.0. The first-order valence-electron chi connectivity index (χ1n) is 8.00. The number of anilines is 2. The van der Waals surface area contributed by atoms with Crippen molar-refractivity contribution in [3.63, 3.8) is 0 Å². The van der Waals surface area contributed by atoms with Crippen LogP contribution in [-0.2, 0) is 0 Å². The standard InChI is InChI=1S/C19H16N4O4/c1-13-8-9-14(22-18(24)26-16-6-2-4-10-20-16)12-15(13)23-19(25)27-17-7-3-5-11-21-17/h2-12H,1H3,(H,22,24)(H,23,25). The molecule has 0 aliphatic heterocycles. The van der Waals surface area contributed by atoms with E-state index in [1.54, 1.807) is 54.6 Å². The number of nitrogens with one attached hydrogen (secondary N) is 2. The lowest BCUT2D eigenvalue weighted by Gasteiger charge is -2.11. The Labute approximate surface area is 155 Å². The molecule has 2 N–H and O–H groups in total. The fraction of sp³-hybridized carbons (Fsp3) is 0.0526. The van der Waals surface area contributed by atoms with Crippen LogP contribution in [-0.4, -0.2) is 22.2 Å². The first-order valence-corrected chi connectivity index (χ1v) is 8.00. The minimum Gasteiger partial charge on any atom is -0.391 e. The SMILES string of the molecule is Cc1ccc(NC(=O)Oc2ccccn2)cc1NC(=O)Oc1ccccn1. The Morgan fingerprint density at radius 1 is 0.815 bits per heavy atom. The number of carbonyl (C=O) groups is 2. The van der Waals surface area contributed by atoms with Crippen LogP contribution in [0.3, 0.4) is 0 Å². The van der Waals surface area contributed by atoms with E-state index in [-0.39, 0.29) is 11.8 Å². The summed E-state index contributed by atoms with van der Waals surface area (Å²) in [5.74, 6) is 0.361. The lowest BCUT2D eigenvalue weighted by atomic mass is 10.2. The van der Waals surface area contributed by atoms with Crippen LogP contribution in [0.15, 0.2) is 67.0 Å². The van der Waals surface area contributed by atoms with Gasteiger partial charge in [0.1, 0.15) is 0 Å². The smallest absolute Gasteiger partial charge is 0.391 e. The Bertz CT molecular complexity index is 933. The quantitative estimate of drug-likeness (QED) is 0.725. The second-order valence-electron chi connectivity index (χ2n) is 5.39. The summed E-state index contributed by atoms with van der Waals surface area (Å²) in [6, 6.07) is 15.0. The van der Waals surface area contributed by atoms with E-state index in [0.29, 0.717) is 11.4 Å². The van der Waals surface area contributed by atoms with Crippen LogP contribution in [0.1, 0.15) is 5.56 Å². The molecule has 8 heteroatoms. The molecule has 2 amide bonds. The van der Waals surface area contributed by atoms with Gasteiger partial charge in [0.05, 0.1) is 0 Å². The van der Waals surface area contributed by atoms with Crippen molar-refractivity contribution in [1.29, 1.82) is 0 Å². The van der Waals surface area contributed by atoms with Gasteiger partial charge in [0.25, 0.3) is 0 Å². The van der Waals surface area contributed by atoms with Gasteiger partial charge in [0, 0.05) is 35.9 Å². The Kier molecular flexibility index (Phi) is 5.58. The first-order chi connectivity index (χ1) is 13.1. The number of carbonyl (C=O) groups excluding carboxylic acids is 2. The van der Waals surface area contributed by atoms with Gasteiger partial charge < -0.3 is 9.47 Å². The lowest BCUT2D eigenvalue weighted by Crippen LogP contribution is -2.19. The molecular weight excluding hydrogens is 348 g/mol. The van der Waals surface area contributed by atoms with Gasteiger partial charge in [-0.1, -0.05) is 18.2 Å². The Balaban J connectivity index is 1.63. The summed E-state index contributed by atoms with van der Waals surface area (Å²) in [7, 11) is 0. The molecule has 27 heavy (non-hydrogen) atoms. The third kappa shape index (κ3) is 5.27. The summed E-state index contributed by atoms with van der Waals surface area (Å²) in [5, 5.41) is 5.19. The summed E-state index contributed by atoms with van der Waals surface area (Å²) in [5.41, 5.74) is 1.71. The van der Waals surface area contributed by atoms with Crippen molar-refractivity contribution in [3.05, 3.63) is 72.6 Å². The molecule has 0 spiro atoms. The number of aryl methyl sites for hydroxylation is 1. The molecule has 0 radical (unpaired) electrons. The Hall–Kier alpha value is -3.94. The van der Waals surface area contributed by atoms with Crippen LogP contribution in [0, 0.1) is 6.92 Å². The molecule has 0 fully saturated rings. The van der Waals surface area contributed by atoms with E-state index in [0.717, 1.165) is 5.56 Å². The molecule has 0 aliphatic carbocycles. The number of pyridine rings is 2. The van der Waals surface area contributed by atoms with Gasteiger partial charge in [-0.05, 0) is 36.8 Å². The zero-order valence-electron chi connectivity index (χ0n) is 14.4. The Morgan fingerprint density at radius 2 is 1.41 bits per heavy atom. The minimum atomic E-state index is -0.695. The average Bonchev–Trinajstić information content (AvgIpc) is 2.66. The maximum absolute atomic E-state index is 12.0. The molecular formula is C19H16N4O4. The van der Waals surface area contributed by atoms with Crippen molar-refractivity contribution >= 4 is 23.6 Å². The second kappa shape index (κ2) is 8.43. The number of aromatic nitrogens is 2. The summed E-state index contributed by atoms with van der Waals surface area (Å²) in [4.78, 5) is 31.8. The van der Waals surface area contributed by atoms with Crippen LogP contribution in [0.5, 0.6) is 11.8 Å². The molecule has 2 heterocycles. The van der Waals surface area contributed by atoms with E-state index < -0.39 is 12.2 Å². The van der Waals surface area contributed by atoms with E-state index in [4.69, 9.17) is 9.47 Å². The monoisotopic (exact) mass is 364 g/mol. The molecule has 0 unspecified atom stereocenters. The number of amides is 2. The van der Waals surface area contributed by atoms with Crippen molar-refractivity contribution in [3.8, 4) is 11.8 Å². The highest BCUT2D eigenvalue weighted by molar-refractivity contribution is 5.90. The number of rotatable bonds is 4. The molecule has 3 aromatic rings. The average molecular weight is 364 g/mol. The largest absolute Gasteiger partial charge is 0.418 e.